The number of nitrogens with zero attached hydrogens (tertiary/aromatic N) is 1. The van der Waals surface area contributed by atoms with Crippen LogP contribution in [-0.2, 0) is 4.74 Å². The van der Waals surface area contributed by atoms with E-state index in [0.29, 0.717) is 19.0 Å². The SMILES string of the molecule is COCCOc1ccccc1-c1cn[nH]c(=O)c1. The van der Waals surface area contributed by atoms with Crippen LogP contribution in [0.5, 0.6) is 5.75 Å². The van der Waals surface area contributed by atoms with Crippen molar-refractivity contribution in [3.05, 3.63) is 46.9 Å². The molecule has 5 nitrogen and oxygen atoms in total. The van der Waals surface area contributed by atoms with Gasteiger partial charge in [-0.1, -0.05) is 18.2 Å². The summed E-state index contributed by atoms with van der Waals surface area (Å²) >= 11 is 0. The Morgan fingerprint density at radius 3 is 2.89 bits per heavy atom. The molecule has 1 aromatic carbocycles. The highest BCUT2D eigenvalue weighted by molar-refractivity contribution is 5.69. The molecule has 0 bridgehead atoms. The molecular weight excluding hydrogens is 232 g/mol. The maximum Gasteiger partial charge on any atom is 0.264 e. The number of hydrogen-bond donors (Lipinski definition) is 1. The largest absolute Gasteiger partial charge is 0.491 e. The molecule has 18 heavy (non-hydrogen) atoms. The van der Waals surface area contributed by atoms with E-state index < -0.39 is 0 Å². The van der Waals surface area contributed by atoms with Crippen LogP contribution >= 0.6 is 0 Å². The molecule has 0 unspecified atom stereocenters. The van der Waals surface area contributed by atoms with E-state index in [1.54, 1.807) is 13.3 Å². The van der Waals surface area contributed by atoms with Gasteiger partial charge in [-0.15, -0.1) is 0 Å². The van der Waals surface area contributed by atoms with Gasteiger partial charge in [-0.05, 0) is 6.07 Å². The highest BCUT2D eigenvalue weighted by Crippen LogP contribution is 2.28. The summed E-state index contributed by atoms with van der Waals surface area (Å²) in [4.78, 5) is 11.3. The molecule has 1 aromatic heterocycles. The Labute approximate surface area is 104 Å². The number of hydrogen-bond acceptors (Lipinski definition) is 4. The van der Waals surface area contributed by atoms with Crippen molar-refractivity contribution >= 4 is 0 Å². The molecule has 0 atom stereocenters. The standard InChI is InChI=1S/C13H14N2O3/c1-17-6-7-18-12-5-3-2-4-11(12)10-8-13(16)15-14-9-10/h2-5,8-9H,6-7H2,1H3,(H,15,16). The Hall–Kier alpha value is -2.14. The van der Waals surface area contributed by atoms with Gasteiger partial charge in [-0.3, -0.25) is 4.79 Å². The van der Waals surface area contributed by atoms with Gasteiger partial charge in [0.05, 0.1) is 12.8 Å². The minimum atomic E-state index is -0.237. The van der Waals surface area contributed by atoms with Crippen LogP contribution in [0, 0.1) is 0 Å². The van der Waals surface area contributed by atoms with Crippen LogP contribution in [0.15, 0.2) is 41.3 Å². The second-order valence-electron chi connectivity index (χ2n) is 3.67. The Bertz CT molecular complexity index is 566. The molecule has 1 heterocycles. The Balaban J connectivity index is 2.29. The Kier molecular flexibility index (Phi) is 4.09. The molecule has 5 heteroatoms. The van der Waals surface area contributed by atoms with Crippen molar-refractivity contribution in [3.8, 4) is 16.9 Å². The third-order valence-corrected chi connectivity index (χ3v) is 2.41. The fraction of sp³-hybridized carbons (Fsp3) is 0.231. The van der Waals surface area contributed by atoms with Gasteiger partial charge in [-0.2, -0.15) is 5.10 Å². The van der Waals surface area contributed by atoms with Crippen LogP contribution in [0.1, 0.15) is 0 Å². The molecule has 0 aliphatic heterocycles. The molecule has 2 rings (SSSR count). The average molecular weight is 246 g/mol. The third-order valence-electron chi connectivity index (χ3n) is 2.41. The molecule has 1 N–H and O–H groups in total. The number of ether oxygens (including phenoxy) is 2. The Morgan fingerprint density at radius 2 is 2.11 bits per heavy atom. The summed E-state index contributed by atoms with van der Waals surface area (Å²) in [5.74, 6) is 0.710. The molecule has 0 aliphatic rings. The number of benzene rings is 1. The molecule has 0 amide bonds. The summed E-state index contributed by atoms with van der Waals surface area (Å²) in [6.45, 7) is 0.978. The molecule has 0 radical (unpaired) electrons. The maximum atomic E-state index is 11.3. The normalized spacial score (nSPS) is 10.3. The van der Waals surface area contributed by atoms with Gasteiger partial charge in [-0.25, -0.2) is 5.10 Å². The van der Waals surface area contributed by atoms with Gasteiger partial charge in [0.25, 0.3) is 5.56 Å². The monoisotopic (exact) mass is 246 g/mol. The molecule has 0 saturated heterocycles. The number of aromatic nitrogens is 2. The molecule has 0 fully saturated rings. The van der Waals surface area contributed by atoms with E-state index in [4.69, 9.17) is 9.47 Å². The van der Waals surface area contributed by atoms with Gasteiger partial charge < -0.3 is 9.47 Å². The summed E-state index contributed by atoms with van der Waals surface area (Å²) in [5.41, 5.74) is 1.33. The number of rotatable bonds is 5. The lowest BCUT2D eigenvalue weighted by atomic mass is 10.1. The smallest absolute Gasteiger partial charge is 0.264 e. The van der Waals surface area contributed by atoms with Gasteiger partial charge in [0, 0.05) is 24.3 Å². The quantitative estimate of drug-likeness (QED) is 0.811. The summed E-state index contributed by atoms with van der Waals surface area (Å²) in [6.07, 6.45) is 1.60. The Morgan fingerprint density at radius 1 is 1.28 bits per heavy atom. The maximum absolute atomic E-state index is 11.3. The fourth-order valence-electron chi connectivity index (χ4n) is 1.59. The van der Waals surface area contributed by atoms with Gasteiger partial charge in [0.2, 0.25) is 0 Å². The van der Waals surface area contributed by atoms with E-state index >= 15 is 0 Å². The first-order valence-electron chi connectivity index (χ1n) is 5.57. The van der Waals surface area contributed by atoms with Crippen molar-refractivity contribution in [3.63, 3.8) is 0 Å². The highest BCUT2D eigenvalue weighted by atomic mass is 16.5. The van der Waals surface area contributed by atoms with Crippen molar-refractivity contribution in [2.24, 2.45) is 0 Å². The third kappa shape index (κ3) is 2.95. The molecule has 0 saturated carbocycles. The number of aromatic amines is 1. The summed E-state index contributed by atoms with van der Waals surface area (Å²) < 4.78 is 10.5. The lowest BCUT2D eigenvalue weighted by Crippen LogP contribution is -2.07. The summed E-state index contributed by atoms with van der Waals surface area (Å²) in [6, 6.07) is 9.00. The fourth-order valence-corrected chi connectivity index (χ4v) is 1.59. The molecule has 2 aromatic rings. The minimum Gasteiger partial charge on any atom is -0.491 e. The topological polar surface area (TPSA) is 64.2 Å². The van der Waals surface area contributed by atoms with Crippen LogP contribution in [0.4, 0.5) is 0 Å². The van der Waals surface area contributed by atoms with Crippen molar-refractivity contribution < 1.29 is 9.47 Å². The van der Waals surface area contributed by atoms with Crippen LogP contribution in [0.3, 0.4) is 0 Å². The zero-order valence-corrected chi connectivity index (χ0v) is 10.1. The summed E-state index contributed by atoms with van der Waals surface area (Å²) in [7, 11) is 1.62. The van der Waals surface area contributed by atoms with Crippen molar-refractivity contribution in [2.45, 2.75) is 0 Å². The van der Waals surface area contributed by atoms with Crippen LogP contribution < -0.4 is 10.3 Å². The number of para-hydroxylation sites is 1. The minimum absolute atomic E-state index is 0.237. The second-order valence-corrected chi connectivity index (χ2v) is 3.67. The van der Waals surface area contributed by atoms with E-state index in [0.717, 1.165) is 11.1 Å². The number of methoxy groups -OCH3 is 1. The average Bonchev–Trinajstić information content (AvgIpc) is 2.40. The van der Waals surface area contributed by atoms with Gasteiger partial charge in [0.15, 0.2) is 0 Å². The molecular formula is C13H14N2O3. The lowest BCUT2D eigenvalue weighted by molar-refractivity contribution is 0.146. The summed E-state index contributed by atoms with van der Waals surface area (Å²) in [5, 5.41) is 6.13. The van der Waals surface area contributed by atoms with Gasteiger partial charge in [0.1, 0.15) is 12.4 Å². The van der Waals surface area contributed by atoms with E-state index in [2.05, 4.69) is 10.2 Å². The highest BCUT2D eigenvalue weighted by Gasteiger charge is 2.06. The van der Waals surface area contributed by atoms with Crippen molar-refractivity contribution in [1.29, 1.82) is 0 Å². The van der Waals surface area contributed by atoms with Gasteiger partial charge >= 0.3 is 0 Å². The predicted molar refractivity (Wildman–Crippen MR) is 67.7 cm³/mol. The van der Waals surface area contributed by atoms with E-state index in [9.17, 15) is 4.79 Å². The predicted octanol–water partition coefficient (Wildman–Crippen LogP) is 1.46. The van der Waals surface area contributed by atoms with Crippen LogP contribution in [0.2, 0.25) is 0 Å². The van der Waals surface area contributed by atoms with Crippen LogP contribution in [-0.4, -0.2) is 30.5 Å². The first-order valence-corrected chi connectivity index (χ1v) is 5.57. The second kappa shape index (κ2) is 5.97. The number of nitrogens with one attached hydrogen (secondary N) is 1. The zero-order chi connectivity index (χ0) is 12.8. The lowest BCUT2D eigenvalue weighted by Gasteiger charge is -2.10. The van der Waals surface area contributed by atoms with E-state index in [-0.39, 0.29) is 5.56 Å². The molecule has 94 valence electrons. The van der Waals surface area contributed by atoms with Crippen molar-refractivity contribution in [2.75, 3.05) is 20.3 Å². The van der Waals surface area contributed by atoms with E-state index in [1.807, 2.05) is 24.3 Å². The first-order chi connectivity index (χ1) is 8.81. The van der Waals surface area contributed by atoms with E-state index in [1.165, 1.54) is 6.07 Å². The van der Waals surface area contributed by atoms with Crippen LogP contribution in [0.25, 0.3) is 11.1 Å². The first kappa shape index (κ1) is 12.3. The zero-order valence-electron chi connectivity index (χ0n) is 10.1. The molecule has 0 aliphatic carbocycles. The molecule has 0 spiro atoms. The van der Waals surface area contributed by atoms with Crippen molar-refractivity contribution in [1.82, 2.24) is 10.2 Å². The number of H-pyrrole nitrogens is 1.